The van der Waals surface area contributed by atoms with Crippen LogP contribution < -0.4 is 4.72 Å². The fraction of sp³-hybridized carbons (Fsp3) is 0. The number of H-pyrrole nitrogens is 1. The third-order valence-corrected chi connectivity index (χ3v) is 5.53. The van der Waals surface area contributed by atoms with E-state index in [1.807, 2.05) is 0 Å². The van der Waals surface area contributed by atoms with Crippen molar-refractivity contribution in [3.05, 3.63) is 34.9 Å². The highest BCUT2D eigenvalue weighted by Crippen LogP contribution is 2.28. The summed E-state index contributed by atoms with van der Waals surface area (Å²) in [6, 6.07) is 4.96. The van der Waals surface area contributed by atoms with Gasteiger partial charge in [-0.3, -0.25) is 9.82 Å². The molecule has 1 aromatic heterocycles. The summed E-state index contributed by atoms with van der Waals surface area (Å²) < 4.78 is 48.7. The van der Waals surface area contributed by atoms with E-state index in [-0.39, 0.29) is 20.1 Å². The first-order valence-electron chi connectivity index (χ1n) is 4.96. The van der Waals surface area contributed by atoms with E-state index in [2.05, 4.69) is 30.8 Å². The maximum atomic E-state index is 11.9. The van der Waals surface area contributed by atoms with Crippen LogP contribution in [0, 0.1) is 0 Å². The minimum Gasteiger partial charge on any atom is -0.277 e. The van der Waals surface area contributed by atoms with Crippen LogP contribution in [0.1, 0.15) is 0 Å². The Balaban J connectivity index is 2.37. The van der Waals surface area contributed by atoms with E-state index in [0.29, 0.717) is 0 Å². The molecule has 108 valence electrons. The fourth-order valence-electron chi connectivity index (χ4n) is 1.32. The van der Waals surface area contributed by atoms with Gasteiger partial charge in [0.2, 0.25) is 0 Å². The lowest BCUT2D eigenvalue weighted by Gasteiger charge is -2.09. The first-order valence-corrected chi connectivity index (χ1v) is 9.55. The van der Waals surface area contributed by atoms with E-state index < -0.39 is 19.1 Å². The van der Waals surface area contributed by atoms with Gasteiger partial charge in [-0.1, -0.05) is 0 Å². The summed E-state index contributed by atoms with van der Waals surface area (Å²) in [4.78, 5) is -0.143. The molecule has 0 radical (unpaired) electrons. The first kappa shape index (κ1) is 15.3. The van der Waals surface area contributed by atoms with Gasteiger partial charge in [0.05, 0.1) is 16.8 Å². The molecule has 0 atom stereocenters. The topological polar surface area (TPSA) is 109 Å². The van der Waals surface area contributed by atoms with Crippen LogP contribution in [0.4, 0.5) is 5.69 Å². The summed E-state index contributed by atoms with van der Waals surface area (Å²) in [5.74, 6) is 0. The number of aromatic amines is 1. The molecule has 2 aromatic rings. The number of halogens is 2. The molecule has 1 aromatic carbocycles. The minimum atomic E-state index is -3.88. The number of rotatable bonds is 4. The van der Waals surface area contributed by atoms with Crippen molar-refractivity contribution in [3.63, 3.8) is 0 Å². The number of aromatic nitrogens is 2. The molecular weight excluding hydrogens is 394 g/mol. The lowest BCUT2D eigenvalue weighted by atomic mass is 10.3. The average molecular weight is 401 g/mol. The van der Waals surface area contributed by atoms with Crippen molar-refractivity contribution in [2.45, 2.75) is 9.92 Å². The van der Waals surface area contributed by atoms with Gasteiger partial charge in [0, 0.05) is 15.2 Å². The molecule has 0 aliphatic carbocycles. The normalized spacial score (nSPS) is 12.3. The predicted molar refractivity (Wildman–Crippen MR) is 76.6 cm³/mol. The summed E-state index contributed by atoms with van der Waals surface area (Å²) in [5.41, 5.74) is 0.170. The maximum Gasteiger partial charge on any atom is 0.278 e. The van der Waals surface area contributed by atoms with Gasteiger partial charge in [0.1, 0.15) is 0 Å². The van der Waals surface area contributed by atoms with Gasteiger partial charge in [-0.25, -0.2) is 8.42 Å². The lowest BCUT2D eigenvalue weighted by molar-refractivity contribution is 0.597. The molecule has 0 spiro atoms. The Bertz CT molecular complexity index is 834. The summed E-state index contributed by atoms with van der Waals surface area (Å²) in [5, 5.41) is 5.75. The summed E-state index contributed by atoms with van der Waals surface area (Å²) in [7, 11) is -2.50. The Hall–Kier alpha value is -1.10. The van der Waals surface area contributed by atoms with E-state index in [0.717, 1.165) is 0 Å². The van der Waals surface area contributed by atoms with Gasteiger partial charge in [0.25, 0.3) is 19.1 Å². The first-order chi connectivity index (χ1) is 9.20. The Kier molecular flexibility index (Phi) is 4.09. The Morgan fingerprint density at radius 3 is 2.40 bits per heavy atom. The van der Waals surface area contributed by atoms with Crippen LogP contribution >= 0.6 is 26.6 Å². The maximum absolute atomic E-state index is 11.9. The SMILES string of the molecule is O=S(=O)(Cl)c1ccc(NS(=O)(=O)c2ccn[nH]2)c(Br)c1. The molecule has 2 N–H and O–H groups in total. The van der Waals surface area contributed by atoms with Crippen molar-refractivity contribution < 1.29 is 16.8 Å². The molecule has 0 aliphatic heterocycles. The van der Waals surface area contributed by atoms with Crippen molar-refractivity contribution in [1.82, 2.24) is 10.2 Å². The molecule has 0 saturated carbocycles. The van der Waals surface area contributed by atoms with Crippen molar-refractivity contribution >= 4 is 51.4 Å². The number of sulfonamides is 1. The second-order valence-corrected chi connectivity index (χ2v) is 8.68. The zero-order chi connectivity index (χ0) is 15.0. The van der Waals surface area contributed by atoms with E-state index in [9.17, 15) is 16.8 Å². The smallest absolute Gasteiger partial charge is 0.277 e. The summed E-state index contributed by atoms with van der Waals surface area (Å²) in [6.45, 7) is 0. The van der Waals surface area contributed by atoms with Crippen LogP contribution in [0.2, 0.25) is 0 Å². The third kappa shape index (κ3) is 3.32. The molecule has 0 unspecified atom stereocenters. The molecule has 2 rings (SSSR count). The van der Waals surface area contributed by atoms with E-state index in [1.165, 1.54) is 30.5 Å². The molecule has 7 nitrogen and oxygen atoms in total. The fourth-order valence-corrected chi connectivity index (χ4v) is 3.85. The van der Waals surface area contributed by atoms with Gasteiger partial charge < -0.3 is 0 Å². The number of nitrogens with one attached hydrogen (secondary N) is 2. The van der Waals surface area contributed by atoms with E-state index in [4.69, 9.17) is 10.7 Å². The second-order valence-electron chi connectivity index (χ2n) is 3.61. The molecule has 0 amide bonds. The van der Waals surface area contributed by atoms with Crippen molar-refractivity contribution in [2.75, 3.05) is 4.72 Å². The Labute approximate surface area is 127 Å². The predicted octanol–water partition coefficient (Wildman–Crippen LogP) is 1.90. The van der Waals surface area contributed by atoms with Gasteiger partial charge in [-0.2, -0.15) is 13.5 Å². The molecule has 0 aliphatic rings. The highest BCUT2D eigenvalue weighted by molar-refractivity contribution is 9.10. The molecule has 0 saturated heterocycles. The zero-order valence-electron chi connectivity index (χ0n) is 9.54. The van der Waals surface area contributed by atoms with Crippen LogP contribution in [0.3, 0.4) is 0 Å². The van der Waals surface area contributed by atoms with Gasteiger partial charge in [-0.15, -0.1) is 0 Å². The third-order valence-electron chi connectivity index (χ3n) is 2.23. The molecule has 0 fully saturated rings. The van der Waals surface area contributed by atoms with E-state index in [1.54, 1.807) is 0 Å². The average Bonchev–Trinajstić information content (AvgIpc) is 2.84. The molecule has 11 heteroatoms. The number of benzene rings is 1. The van der Waals surface area contributed by atoms with Crippen LogP contribution in [-0.4, -0.2) is 27.0 Å². The Morgan fingerprint density at radius 2 is 1.90 bits per heavy atom. The number of hydrogen-bond donors (Lipinski definition) is 2. The van der Waals surface area contributed by atoms with Crippen LogP contribution in [-0.2, 0) is 19.1 Å². The lowest BCUT2D eigenvalue weighted by Crippen LogP contribution is -2.14. The van der Waals surface area contributed by atoms with Crippen molar-refractivity contribution in [1.29, 1.82) is 0 Å². The molecular formula is C9H7BrClN3O4S2. The van der Waals surface area contributed by atoms with Crippen LogP contribution in [0.15, 0.2) is 44.9 Å². The molecule has 20 heavy (non-hydrogen) atoms. The minimum absolute atomic E-state index is 0.113. The standard InChI is InChI=1S/C9H7BrClN3O4S2/c10-7-5-6(19(11,15)16)1-2-8(7)14-20(17,18)9-3-4-12-13-9/h1-5,14H,(H,12,13). The molecule has 0 bridgehead atoms. The zero-order valence-corrected chi connectivity index (χ0v) is 13.5. The summed E-state index contributed by atoms with van der Waals surface area (Å²) >= 11 is 3.08. The van der Waals surface area contributed by atoms with Crippen molar-refractivity contribution in [2.24, 2.45) is 0 Å². The quantitative estimate of drug-likeness (QED) is 0.762. The number of nitrogens with zero attached hydrogens (tertiary/aromatic N) is 1. The van der Waals surface area contributed by atoms with Gasteiger partial charge in [-0.05, 0) is 40.2 Å². The number of hydrogen-bond acceptors (Lipinski definition) is 5. The highest BCUT2D eigenvalue weighted by atomic mass is 79.9. The van der Waals surface area contributed by atoms with Gasteiger partial charge in [0.15, 0.2) is 5.03 Å². The van der Waals surface area contributed by atoms with Crippen LogP contribution in [0.5, 0.6) is 0 Å². The number of anilines is 1. The molecule has 1 heterocycles. The van der Waals surface area contributed by atoms with Crippen LogP contribution in [0.25, 0.3) is 0 Å². The summed E-state index contributed by atoms with van der Waals surface area (Å²) in [6.07, 6.45) is 1.30. The van der Waals surface area contributed by atoms with Crippen molar-refractivity contribution in [3.8, 4) is 0 Å². The largest absolute Gasteiger partial charge is 0.278 e. The highest BCUT2D eigenvalue weighted by Gasteiger charge is 2.18. The van der Waals surface area contributed by atoms with Gasteiger partial charge >= 0.3 is 0 Å². The van der Waals surface area contributed by atoms with E-state index >= 15 is 0 Å². The second kappa shape index (κ2) is 5.35. The monoisotopic (exact) mass is 399 g/mol. The Morgan fingerprint density at radius 1 is 1.20 bits per heavy atom.